The number of carbonyl (C=O) groups is 2. The maximum atomic E-state index is 12.7. The minimum Gasteiger partial charge on any atom is -0.449 e. The van der Waals surface area contributed by atoms with Crippen molar-refractivity contribution < 1.29 is 14.3 Å². The molecule has 3 aromatic rings. The number of hydrogen-bond acceptors (Lipinski definition) is 4. The zero-order valence-electron chi connectivity index (χ0n) is 16.7. The smallest absolute Gasteiger partial charge is 0.340 e. The Labute approximate surface area is 174 Å². The van der Waals surface area contributed by atoms with Gasteiger partial charge in [-0.25, -0.2) is 9.78 Å². The number of rotatable bonds is 5. The number of ether oxygens (including phenoxy) is 1. The highest BCUT2D eigenvalue weighted by Gasteiger charge is 2.23. The molecule has 0 saturated heterocycles. The Bertz CT molecular complexity index is 1060. The molecule has 1 aromatic carbocycles. The van der Waals surface area contributed by atoms with E-state index in [1.165, 1.54) is 13.1 Å². The Morgan fingerprint density at radius 3 is 2.52 bits per heavy atom. The van der Waals surface area contributed by atoms with E-state index in [2.05, 4.69) is 10.3 Å². The molecule has 1 atom stereocenters. The fraction of sp³-hybridized carbons (Fsp3) is 0.227. The van der Waals surface area contributed by atoms with Crippen LogP contribution in [0, 0.1) is 20.8 Å². The first-order valence-corrected chi connectivity index (χ1v) is 9.54. The molecule has 1 amide bonds. The zero-order chi connectivity index (χ0) is 21.1. The van der Waals surface area contributed by atoms with Crippen LogP contribution in [0.4, 0.5) is 5.82 Å². The van der Waals surface area contributed by atoms with Crippen molar-refractivity contribution in [2.45, 2.75) is 33.8 Å². The number of nitrogens with one attached hydrogen (secondary N) is 1. The van der Waals surface area contributed by atoms with Crippen LogP contribution in [0.3, 0.4) is 0 Å². The topological polar surface area (TPSA) is 73.2 Å². The summed E-state index contributed by atoms with van der Waals surface area (Å²) in [5, 5.41) is 3.06. The Morgan fingerprint density at radius 1 is 1.14 bits per heavy atom. The van der Waals surface area contributed by atoms with Gasteiger partial charge in [-0.3, -0.25) is 4.79 Å². The summed E-state index contributed by atoms with van der Waals surface area (Å²) in [5.74, 6) is -0.689. The van der Waals surface area contributed by atoms with Gasteiger partial charge in [0.25, 0.3) is 5.91 Å². The second-order valence-corrected chi connectivity index (χ2v) is 7.24. The van der Waals surface area contributed by atoms with Gasteiger partial charge in [0, 0.05) is 23.3 Å². The summed E-state index contributed by atoms with van der Waals surface area (Å²) in [6.07, 6.45) is 0.440. The molecule has 3 rings (SSSR count). The monoisotopic (exact) mass is 411 g/mol. The number of pyridine rings is 1. The van der Waals surface area contributed by atoms with E-state index < -0.39 is 18.0 Å². The van der Waals surface area contributed by atoms with Gasteiger partial charge in [0.1, 0.15) is 5.82 Å². The first kappa shape index (κ1) is 20.6. The summed E-state index contributed by atoms with van der Waals surface area (Å²) in [5.41, 5.74) is 4.19. The molecular weight excluding hydrogens is 390 g/mol. The van der Waals surface area contributed by atoms with Crippen LogP contribution in [0.2, 0.25) is 5.02 Å². The summed E-state index contributed by atoms with van der Waals surface area (Å²) >= 11 is 5.78. The highest BCUT2D eigenvalue weighted by Crippen LogP contribution is 2.24. The minimum atomic E-state index is -0.985. The number of carbonyl (C=O) groups excluding carboxylic acids is 2. The second-order valence-electron chi connectivity index (χ2n) is 6.81. The third kappa shape index (κ3) is 4.49. The van der Waals surface area contributed by atoms with Gasteiger partial charge in [-0.2, -0.15) is 0 Å². The molecule has 6 nitrogen and oxygen atoms in total. The third-order valence-corrected chi connectivity index (χ3v) is 4.86. The number of benzene rings is 1. The lowest BCUT2D eigenvalue weighted by Gasteiger charge is -2.14. The highest BCUT2D eigenvalue weighted by atomic mass is 35.5. The number of para-hydroxylation sites is 1. The molecule has 2 heterocycles. The zero-order valence-corrected chi connectivity index (χ0v) is 17.4. The first-order chi connectivity index (χ1) is 13.8. The van der Waals surface area contributed by atoms with Gasteiger partial charge >= 0.3 is 5.97 Å². The van der Waals surface area contributed by atoms with Crippen molar-refractivity contribution in [3.63, 3.8) is 0 Å². The summed E-state index contributed by atoms with van der Waals surface area (Å²) in [4.78, 5) is 29.0. The molecule has 0 aliphatic rings. The SMILES string of the molecule is Cc1ccccc1-n1c(C)cc(C(=O)OC(C)C(=O)Nc2ccc(Cl)cn2)c1C. The number of anilines is 1. The van der Waals surface area contributed by atoms with Gasteiger partial charge < -0.3 is 14.6 Å². The van der Waals surface area contributed by atoms with Crippen LogP contribution in [0.15, 0.2) is 48.7 Å². The second kappa shape index (κ2) is 8.49. The normalized spacial score (nSPS) is 11.8. The van der Waals surface area contributed by atoms with Crippen molar-refractivity contribution in [2.24, 2.45) is 0 Å². The van der Waals surface area contributed by atoms with E-state index in [1.54, 1.807) is 18.2 Å². The number of nitrogens with zero attached hydrogens (tertiary/aromatic N) is 2. The Balaban J connectivity index is 1.75. The molecule has 1 N–H and O–H groups in total. The maximum absolute atomic E-state index is 12.7. The summed E-state index contributed by atoms with van der Waals surface area (Å²) in [6, 6.07) is 12.9. The van der Waals surface area contributed by atoms with E-state index in [1.807, 2.05) is 49.6 Å². The van der Waals surface area contributed by atoms with Crippen molar-refractivity contribution in [3.05, 3.63) is 76.2 Å². The van der Waals surface area contributed by atoms with E-state index in [-0.39, 0.29) is 0 Å². The summed E-state index contributed by atoms with van der Waals surface area (Å²) in [7, 11) is 0. The van der Waals surface area contributed by atoms with Crippen LogP contribution in [0.25, 0.3) is 5.69 Å². The number of aromatic nitrogens is 2. The van der Waals surface area contributed by atoms with Crippen molar-refractivity contribution >= 4 is 29.3 Å². The molecule has 1 unspecified atom stereocenters. The molecule has 0 spiro atoms. The Hall–Kier alpha value is -3.12. The molecule has 0 aliphatic carbocycles. The lowest BCUT2D eigenvalue weighted by Crippen LogP contribution is -2.30. The molecule has 2 aromatic heterocycles. The Kier molecular flexibility index (Phi) is 6.03. The molecule has 150 valence electrons. The Morgan fingerprint density at radius 2 is 1.86 bits per heavy atom. The molecule has 0 fully saturated rings. The quantitative estimate of drug-likeness (QED) is 0.621. The van der Waals surface area contributed by atoms with Crippen molar-refractivity contribution in [1.29, 1.82) is 0 Å². The van der Waals surface area contributed by atoms with E-state index in [9.17, 15) is 9.59 Å². The predicted molar refractivity (Wildman–Crippen MR) is 113 cm³/mol. The highest BCUT2D eigenvalue weighted by molar-refractivity contribution is 6.30. The number of halogens is 1. The molecule has 7 heteroatoms. The molecule has 29 heavy (non-hydrogen) atoms. The molecular formula is C22H22ClN3O3. The van der Waals surface area contributed by atoms with Gasteiger partial charge in [0.15, 0.2) is 6.10 Å². The summed E-state index contributed by atoms with van der Waals surface area (Å²) < 4.78 is 7.40. The van der Waals surface area contributed by atoms with E-state index in [0.717, 1.165) is 22.6 Å². The fourth-order valence-electron chi connectivity index (χ4n) is 3.11. The van der Waals surface area contributed by atoms with Crippen LogP contribution in [0.1, 0.15) is 34.2 Å². The number of hydrogen-bond donors (Lipinski definition) is 1. The van der Waals surface area contributed by atoms with E-state index in [0.29, 0.717) is 16.4 Å². The summed E-state index contributed by atoms with van der Waals surface area (Å²) in [6.45, 7) is 7.32. The third-order valence-electron chi connectivity index (χ3n) is 4.64. The number of aryl methyl sites for hydroxylation is 2. The van der Waals surface area contributed by atoms with Gasteiger partial charge in [0.05, 0.1) is 10.6 Å². The van der Waals surface area contributed by atoms with Gasteiger partial charge in [-0.15, -0.1) is 0 Å². The van der Waals surface area contributed by atoms with Gasteiger partial charge in [-0.1, -0.05) is 29.8 Å². The minimum absolute atomic E-state index is 0.333. The van der Waals surface area contributed by atoms with Crippen LogP contribution in [-0.2, 0) is 9.53 Å². The van der Waals surface area contributed by atoms with Gasteiger partial charge in [-0.05, 0) is 57.5 Å². The molecule has 0 saturated carbocycles. The van der Waals surface area contributed by atoms with Crippen LogP contribution in [0.5, 0.6) is 0 Å². The van der Waals surface area contributed by atoms with E-state index in [4.69, 9.17) is 16.3 Å². The lowest BCUT2D eigenvalue weighted by molar-refractivity contribution is -0.123. The predicted octanol–water partition coefficient (Wildman–Crippen LogP) is 4.63. The fourth-order valence-corrected chi connectivity index (χ4v) is 3.22. The number of amides is 1. The first-order valence-electron chi connectivity index (χ1n) is 9.16. The van der Waals surface area contributed by atoms with Crippen molar-refractivity contribution in [3.8, 4) is 5.69 Å². The van der Waals surface area contributed by atoms with Crippen molar-refractivity contribution in [1.82, 2.24) is 9.55 Å². The average molecular weight is 412 g/mol. The molecule has 0 aliphatic heterocycles. The maximum Gasteiger partial charge on any atom is 0.340 e. The molecule has 0 radical (unpaired) electrons. The van der Waals surface area contributed by atoms with Crippen LogP contribution < -0.4 is 5.32 Å². The lowest BCUT2D eigenvalue weighted by atomic mass is 10.2. The molecule has 0 bridgehead atoms. The number of esters is 1. The van der Waals surface area contributed by atoms with Crippen LogP contribution in [-0.4, -0.2) is 27.5 Å². The van der Waals surface area contributed by atoms with Crippen LogP contribution >= 0.6 is 11.6 Å². The average Bonchev–Trinajstić information content (AvgIpc) is 2.98. The van der Waals surface area contributed by atoms with Crippen molar-refractivity contribution in [2.75, 3.05) is 5.32 Å². The van der Waals surface area contributed by atoms with E-state index >= 15 is 0 Å². The largest absolute Gasteiger partial charge is 0.449 e. The standard InChI is InChI=1S/C22H22ClN3O3/c1-13-7-5-6-8-19(13)26-14(2)11-18(15(26)3)22(28)29-16(4)21(27)25-20-10-9-17(23)12-24-20/h5-12,16H,1-4H3,(H,24,25,27). The van der Waals surface area contributed by atoms with Gasteiger partial charge in [0.2, 0.25) is 0 Å².